The Morgan fingerprint density at radius 1 is 1.00 bits per heavy atom. The zero-order chi connectivity index (χ0) is 16.5. The largest absolute Gasteiger partial charge is 0.355 e. The van der Waals surface area contributed by atoms with Gasteiger partial charge in [0.1, 0.15) is 0 Å². The van der Waals surface area contributed by atoms with E-state index in [4.69, 9.17) is 23.2 Å². The van der Waals surface area contributed by atoms with Crippen LogP contribution in [0.1, 0.15) is 17.5 Å². The molecule has 23 heavy (non-hydrogen) atoms. The lowest BCUT2D eigenvalue weighted by molar-refractivity contribution is -0.118. The van der Waals surface area contributed by atoms with Crippen molar-refractivity contribution in [1.29, 1.82) is 0 Å². The molecule has 0 saturated heterocycles. The van der Waals surface area contributed by atoms with E-state index in [-0.39, 0.29) is 5.91 Å². The first-order valence-corrected chi connectivity index (χ1v) is 9.38. The average molecular weight is 368 g/mol. The summed E-state index contributed by atoms with van der Waals surface area (Å²) in [5.41, 5.74) is 2.37. The van der Waals surface area contributed by atoms with Crippen molar-refractivity contribution in [3.63, 3.8) is 0 Å². The van der Waals surface area contributed by atoms with Crippen LogP contribution in [0.2, 0.25) is 10.0 Å². The Bertz CT molecular complexity index is 634. The number of nitrogens with one attached hydrogen (secondary N) is 1. The van der Waals surface area contributed by atoms with Crippen molar-refractivity contribution in [2.75, 3.05) is 12.3 Å². The maximum atomic E-state index is 11.8. The van der Waals surface area contributed by atoms with Crippen molar-refractivity contribution in [2.45, 2.75) is 18.6 Å². The van der Waals surface area contributed by atoms with Gasteiger partial charge in [-0.1, -0.05) is 59.6 Å². The lowest BCUT2D eigenvalue weighted by atomic mass is 10.1. The first-order chi connectivity index (χ1) is 11.1. The maximum absolute atomic E-state index is 11.8. The quantitative estimate of drug-likeness (QED) is 0.666. The summed E-state index contributed by atoms with van der Waals surface area (Å²) < 4.78 is 0. The highest BCUT2D eigenvalue weighted by Gasteiger charge is 2.03. The van der Waals surface area contributed by atoms with Crippen LogP contribution < -0.4 is 5.32 Å². The zero-order valence-corrected chi connectivity index (χ0v) is 15.1. The summed E-state index contributed by atoms with van der Waals surface area (Å²) in [6.45, 7) is 0.709. The standard InChI is InChI=1S/C18H19Cl2NOS/c19-16-9-8-15(11-17(16)20)12-23-13-18(22)21-10-4-7-14-5-2-1-3-6-14/h1-3,5-6,8-9,11H,4,7,10,12-13H2,(H,21,22). The molecule has 2 aromatic carbocycles. The van der Waals surface area contributed by atoms with Gasteiger partial charge in [0.15, 0.2) is 0 Å². The van der Waals surface area contributed by atoms with Crippen molar-refractivity contribution >= 4 is 40.9 Å². The van der Waals surface area contributed by atoms with Crippen LogP contribution in [0.4, 0.5) is 0 Å². The smallest absolute Gasteiger partial charge is 0.230 e. The number of carbonyl (C=O) groups excluding carboxylic acids is 1. The number of carbonyl (C=O) groups is 1. The summed E-state index contributed by atoms with van der Waals surface area (Å²) in [5, 5.41) is 4.06. The Morgan fingerprint density at radius 2 is 1.78 bits per heavy atom. The monoisotopic (exact) mass is 367 g/mol. The number of amides is 1. The van der Waals surface area contributed by atoms with Gasteiger partial charge in [-0.15, -0.1) is 11.8 Å². The van der Waals surface area contributed by atoms with Gasteiger partial charge in [0.2, 0.25) is 5.91 Å². The summed E-state index contributed by atoms with van der Waals surface area (Å²) in [4.78, 5) is 11.8. The summed E-state index contributed by atoms with van der Waals surface area (Å²) in [5.74, 6) is 1.27. The lowest BCUT2D eigenvalue weighted by Crippen LogP contribution is -2.26. The van der Waals surface area contributed by atoms with Crippen LogP contribution in [0, 0.1) is 0 Å². The highest BCUT2D eigenvalue weighted by Crippen LogP contribution is 2.24. The minimum Gasteiger partial charge on any atom is -0.355 e. The molecule has 0 unspecified atom stereocenters. The second-order valence-electron chi connectivity index (χ2n) is 5.18. The predicted octanol–water partition coefficient (Wildman–Crippen LogP) is 4.98. The summed E-state index contributed by atoms with van der Waals surface area (Å²) in [7, 11) is 0. The number of halogens is 2. The van der Waals surface area contributed by atoms with Gasteiger partial charge in [0.05, 0.1) is 15.8 Å². The molecule has 0 spiro atoms. The number of benzene rings is 2. The van der Waals surface area contributed by atoms with Crippen LogP contribution in [-0.2, 0) is 17.0 Å². The van der Waals surface area contributed by atoms with Gasteiger partial charge in [-0.25, -0.2) is 0 Å². The van der Waals surface area contributed by atoms with Crippen LogP contribution >= 0.6 is 35.0 Å². The molecule has 0 aliphatic carbocycles. The summed E-state index contributed by atoms with van der Waals surface area (Å²) in [6.07, 6.45) is 1.94. The summed E-state index contributed by atoms with van der Waals surface area (Å²) >= 11 is 13.4. The van der Waals surface area contributed by atoms with Crippen molar-refractivity contribution in [1.82, 2.24) is 5.32 Å². The molecule has 0 radical (unpaired) electrons. The van der Waals surface area contributed by atoms with Crippen molar-refractivity contribution in [3.8, 4) is 0 Å². The van der Waals surface area contributed by atoms with Gasteiger partial charge in [-0.2, -0.15) is 0 Å². The van der Waals surface area contributed by atoms with E-state index >= 15 is 0 Å². The second-order valence-corrected chi connectivity index (χ2v) is 6.98. The molecular formula is C18H19Cl2NOS. The Morgan fingerprint density at radius 3 is 2.52 bits per heavy atom. The predicted molar refractivity (Wildman–Crippen MR) is 100 cm³/mol. The molecule has 0 aromatic heterocycles. The fraction of sp³-hybridized carbons (Fsp3) is 0.278. The minimum absolute atomic E-state index is 0.0723. The number of rotatable bonds is 8. The van der Waals surface area contributed by atoms with E-state index in [1.165, 1.54) is 5.56 Å². The molecule has 1 amide bonds. The van der Waals surface area contributed by atoms with E-state index < -0.39 is 0 Å². The highest BCUT2D eigenvalue weighted by atomic mass is 35.5. The molecule has 1 N–H and O–H groups in total. The molecule has 2 aromatic rings. The molecule has 122 valence electrons. The first kappa shape index (κ1) is 18.2. The Balaban J connectivity index is 1.59. The Hall–Kier alpha value is -1.16. The Labute approximate surface area is 151 Å². The molecule has 0 fully saturated rings. The van der Waals surface area contributed by atoms with Crippen molar-refractivity contribution in [2.24, 2.45) is 0 Å². The molecule has 0 atom stereocenters. The van der Waals surface area contributed by atoms with E-state index in [0.717, 1.165) is 24.2 Å². The number of hydrogen-bond donors (Lipinski definition) is 1. The van der Waals surface area contributed by atoms with E-state index in [1.807, 2.05) is 30.3 Å². The number of hydrogen-bond acceptors (Lipinski definition) is 2. The molecule has 2 rings (SSSR count). The van der Waals surface area contributed by atoms with Crippen molar-refractivity contribution in [3.05, 3.63) is 69.7 Å². The number of thioether (sulfide) groups is 1. The second kappa shape index (κ2) is 9.86. The minimum atomic E-state index is 0.0723. The molecule has 2 nitrogen and oxygen atoms in total. The molecular weight excluding hydrogens is 349 g/mol. The zero-order valence-electron chi connectivity index (χ0n) is 12.7. The topological polar surface area (TPSA) is 29.1 Å². The fourth-order valence-electron chi connectivity index (χ4n) is 2.11. The third-order valence-corrected chi connectivity index (χ3v) is 5.04. The molecule has 0 heterocycles. The van der Waals surface area contributed by atoms with Gasteiger partial charge >= 0.3 is 0 Å². The van der Waals surface area contributed by atoms with Gasteiger partial charge in [-0.3, -0.25) is 4.79 Å². The molecule has 0 aliphatic heterocycles. The maximum Gasteiger partial charge on any atom is 0.230 e. The van der Waals surface area contributed by atoms with Crippen LogP contribution in [-0.4, -0.2) is 18.2 Å². The molecule has 5 heteroatoms. The first-order valence-electron chi connectivity index (χ1n) is 7.47. The van der Waals surface area contributed by atoms with E-state index in [1.54, 1.807) is 17.8 Å². The SMILES string of the molecule is O=C(CSCc1ccc(Cl)c(Cl)c1)NCCCc1ccccc1. The Kier molecular flexibility index (Phi) is 7.80. The molecule has 0 bridgehead atoms. The van der Waals surface area contributed by atoms with Gasteiger partial charge in [0, 0.05) is 12.3 Å². The van der Waals surface area contributed by atoms with E-state index in [2.05, 4.69) is 17.4 Å². The lowest BCUT2D eigenvalue weighted by Gasteiger charge is -2.06. The van der Waals surface area contributed by atoms with Gasteiger partial charge < -0.3 is 5.32 Å². The molecule has 0 aliphatic rings. The highest BCUT2D eigenvalue weighted by molar-refractivity contribution is 7.99. The van der Waals surface area contributed by atoms with E-state index in [0.29, 0.717) is 22.3 Å². The fourth-order valence-corrected chi connectivity index (χ4v) is 3.23. The van der Waals surface area contributed by atoms with Crippen LogP contribution in [0.15, 0.2) is 48.5 Å². The molecule has 0 saturated carbocycles. The van der Waals surface area contributed by atoms with Crippen LogP contribution in [0.25, 0.3) is 0 Å². The summed E-state index contributed by atoms with van der Waals surface area (Å²) in [6, 6.07) is 15.8. The van der Waals surface area contributed by atoms with Crippen LogP contribution in [0.5, 0.6) is 0 Å². The van der Waals surface area contributed by atoms with E-state index in [9.17, 15) is 4.79 Å². The van der Waals surface area contributed by atoms with Crippen LogP contribution in [0.3, 0.4) is 0 Å². The van der Waals surface area contributed by atoms with Gasteiger partial charge in [-0.05, 0) is 36.1 Å². The van der Waals surface area contributed by atoms with Crippen molar-refractivity contribution < 1.29 is 4.79 Å². The third kappa shape index (κ3) is 6.86. The average Bonchev–Trinajstić information content (AvgIpc) is 2.56. The third-order valence-electron chi connectivity index (χ3n) is 3.29. The normalized spacial score (nSPS) is 10.5. The number of aryl methyl sites for hydroxylation is 1. The van der Waals surface area contributed by atoms with Gasteiger partial charge in [0.25, 0.3) is 0 Å².